The summed E-state index contributed by atoms with van der Waals surface area (Å²) in [5, 5.41) is 10.9. The van der Waals surface area contributed by atoms with Gasteiger partial charge >= 0.3 is 5.97 Å². The van der Waals surface area contributed by atoms with Gasteiger partial charge in [0.2, 0.25) is 0 Å². The van der Waals surface area contributed by atoms with Gasteiger partial charge in [-0.15, -0.1) is 0 Å². The van der Waals surface area contributed by atoms with E-state index in [1.807, 2.05) is 0 Å². The molecular formula is C14H16BrNO4. The molecule has 0 spiro atoms. The highest BCUT2D eigenvalue weighted by Crippen LogP contribution is 2.28. The van der Waals surface area contributed by atoms with Crippen molar-refractivity contribution in [3.63, 3.8) is 0 Å². The molecule has 0 aromatic heterocycles. The van der Waals surface area contributed by atoms with Crippen molar-refractivity contribution in [1.29, 1.82) is 0 Å². The summed E-state index contributed by atoms with van der Waals surface area (Å²) in [5.74, 6) is 0.0699. The summed E-state index contributed by atoms with van der Waals surface area (Å²) in [6.45, 7) is 2.14. The summed E-state index contributed by atoms with van der Waals surface area (Å²) in [7, 11) is 0. The van der Waals surface area contributed by atoms with Crippen LogP contribution < -0.4 is 0 Å². The third-order valence-corrected chi connectivity index (χ3v) is 4.21. The molecule has 0 heterocycles. The first kappa shape index (κ1) is 15.0. The fourth-order valence-corrected chi connectivity index (χ4v) is 2.88. The van der Waals surface area contributed by atoms with Gasteiger partial charge < -0.3 is 4.74 Å². The molecule has 2 atom stereocenters. The summed E-state index contributed by atoms with van der Waals surface area (Å²) in [4.78, 5) is 22.4. The number of carbonyl (C=O) groups is 1. The van der Waals surface area contributed by atoms with Crippen molar-refractivity contribution in [3.05, 3.63) is 38.3 Å². The first-order valence-electron chi connectivity index (χ1n) is 6.62. The van der Waals surface area contributed by atoms with Crippen LogP contribution in [0.25, 0.3) is 0 Å². The summed E-state index contributed by atoms with van der Waals surface area (Å²) in [6.07, 6.45) is 3.88. The second-order valence-corrected chi connectivity index (χ2v) is 6.08. The third-order valence-electron chi connectivity index (χ3n) is 3.54. The number of hydrogen-bond donors (Lipinski definition) is 0. The molecular weight excluding hydrogens is 326 g/mol. The summed E-state index contributed by atoms with van der Waals surface area (Å²) >= 11 is 3.09. The summed E-state index contributed by atoms with van der Waals surface area (Å²) in [6, 6.07) is 4.28. The summed E-state index contributed by atoms with van der Waals surface area (Å²) < 4.78 is 5.80. The van der Waals surface area contributed by atoms with Crippen LogP contribution in [0.1, 0.15) is 43.0 Å². The van der Waals surface area contributed by atoms with Gasteiger partial charge in [0.25, 0.3) is 5.69 Å². The lowest BCUT2D eigenvalue weighted by Gasteiger charge is -2.26. The van der Waals surface area contributed by atoms with E-state index in [9.17, 15) is 14.9 Å². The highest BCUT2D eigenvalue weighted by Gasteiger charge is 2.24. The molecule has 0 bridgehead atoms. The van der Waals surface area contributed by atoms with E-state index < -0.39 is 10.9 Å². The maximum Gasteiger partial charge on any atom is 0.338 e. The largest absolute Gasteiger partial charge is 0.459 e. The van der Waals surface area contributed by atoms with Crippen molar-refractivity contribution < 1.29 is 14.5 Å². The molecule has 2 unspecified atom stereocenters. The average molecular weight is 342 g/mol. The van der Waals surface area contributed by atoms with Gasteiger partial charge in [-0.25, -0.2) is 4.79 Å². The Morgan fingerprint density at radius 1 is 1.45 bits per heavy atom. The Morgan fingerprint density at radius 3 is 2.85 bits per heavy atom. The van der Waals surface area contributed by atoms with Crippen LogP contribution in [-0.2, 0) is 4.74 Å². The maximum absolute atomic E-state index is 12.0. The lowest BCUT2D eigenvalue weighted by molar-refractivity contribution is -0.385. The normalized spacial score (nSPS) is 22.3. The fourth-order valence-electron chi connectivity index (χ4n) is 2.48. The van der Waals surface area contributed by atoms with E-state index in [0.29, 0.717) is 10.4 Å². The lowest BCUT2D eigenvalue weighted by atomic mass is 9.89. The molecule has 0 amide bonds. The molecule has 0 N–H and O–H groups in total. The number of hydrogen-bond acceptors (Lipinski definition) is 4. The standard InChI is InChI=1S/C14H16BrNO4/c1-9-3-2-4-11(7-9)20-14(17)10-5-6-12(15)13(8-10)16(18)19/h5-6,8-9,11H,2-4,7H2,1H3. The summed E-state index contributed by atoms with van der Waals surface area (Å²) in [5.41, 5.74) is 0.0922. The number of benzene rings is 1. The van der Waals surface area contributed by atoms with Gasteiger partial charge in [0.1, 0.15) is 6.10 Å². The van der Waals surface area contributed by atoms with Crippen molar-refractivity contribution in [2.75, 3.05) is 0 Å². The van der Waals surface area contributed by atoms with E-state index in [4.69, 9.17) is 4.74 Å². The van der Waals surface area contributed by atoms with Gasteiger partial charge in [0, 0.05) is 6.07 Å². The predicted molar refractivity (Wildman–Crippen MR) is 77.6 cm³/mol. The minimum Gasteiger partial charge on any atom is -0.459 e. The molecule has 0 radical (unpaired) electrons. The SMILES string of the molecule is CC1CCCC(OC(=O)c2ccc(Br)c([N+](=O)[O-])c2)C1. The number of esters is 1. The highest BCUT2D eigenvalue weighted by molar-refractivity contribution is 9.10. The van der Waals surface area contributed by atoms with Crippen molar-refractivity contribution in [3.8, 4) is 0 Å². The van der Waals surface area contributed by atoms with E-state index >= 15 is 0 Å². The highest BCUT2D eigenvalue weighted by atomic mass is 79.9. The molecule has 6 heteroatoms. The molecule has 1 aliphatic carbocycles. The molecule has 0 saturated heterocycles. The van der Waals surface area contributed by atoms with Crippen LogP contribution in [0.3, 0.4) is 0 Å². The third kappa shape index (κ3) is 3.56. The van der Waals surface area contributed by atoms with Crippen molar-refractivity contribution >= 4 is 27.6 Å². The Balaban J connectivity index is 2.09. The van der Waals surface area contributed by atoms with Crippen molar-refractivity contribution in [2.45, 2.75) is 38.7 Å². The Bertz CT molecular complexity index is 532. The minimum atomic E-state index is -0.524. The Kier molecular flexibility index (Phi) is 4.75. The van der Waals surface area contributed by atoms with Gasteiger partial charge in [0.05, 0.1) is 15.0 Å². The van der Waals surface area contributed by atoms with Crippen LogP contribution in [0.4, 0.5) is 5.69 Å². The van der Waals surface area contributed by atoms with E-state index in [0.717, 1.165) is 25.7 Å². The number of halogens is 1. The van der Waals surface area contributed by atoms with Gasteiger partial charge in [-0.05, 0) is 53.2 Å². The molecule has 20 heavy (non-hydrogen) atoms. The molecule has 108 valence electrons. The predicted octanol–water partition coefficient (Wildman–Crippen LogP) is 4.09. The van der Waals surface area contributed by atoms with Gasteiger partial charge in [-0.2, -0.15) is 0 Å². The first-order valence-corrected chi connectivity index (χ1v) is 7.41. The first-order chi connectivity index (χ1) is 9.47. The van der Waals surface area contributed by atoms with Crippen molar-refractivity contribution in [2.24, 2.45) is 5.92 Å². The van der Waals surface area contributed by atoms with Crippen LogP contribution in [0.15, 0.2) is 22.7 Å². The van der Waals surface area contributed by atoms with Crippen LogP contribution in [0, 0.1) is 16.0 Å². The van der Waals surface area contributed by atoms with Crippen LogP contribution in [0.2, 0.25) is 0 Å². The zero-order valence-electron chi connectivity index (χ0n) is 11.2. The number of ether oxygens (including phenoxy) is 1. The van der Waals surface area contributed by atoms with Gasteiger partial charge in [-0.1, -0.05) is 13.3 Å². The molecule has 1 saturated carbocycles. The number of carbonyl (C=O) groups excluding carboxylic acids is 1. The van der Waals surface area contributed by atoms with Gasteiger partial charge in [-0.3, -0.25) is 10.1 Å². The van der Waals surface area contributed by atoms with E-state index in [1.165, 1.54) is 18.2 Å². The number of nitrogens with zero attached hydrogens (tertiary/aromatic N) is 1. The number of rotatable bonds is 3. The van der Waals surface area contributed by atoms with Crippen LogP contribution in [0.5, 0.6) is 0 Å². The van der Waals surface area contributed by atoms with Gasteiger partial charge in [0.15, 0.2) is 0 Å². The number of nitro groups is 1. The smallest absolute Gasteiger partial charge is 0.338 e. The minimum absolute atomic E-state index is 0.0750. The molecule has 1 aromatic carbocycles. The maximum atomic E-state index is 12.0. The fraction of sp³-hybridized carbons (Fsp3) is 0.500. The van der Waals surface area contributed by atoms with E-state index in [-0.39, 0.29) is 17.4 Å². The molecule has 1 aliphatic rings. The molecule has 1 fully saturated rings. The quantitative estimate of drug-likeness (QED) is 0.471. The van der Waals surface area contributed by atoms with E-state index in [1.54, 1.807) is 0 Å². The topological polar surface area (TPSA) is 69.4 Å². The zero-order valence-corrected chi connectivity index (χ0v) is 12.8. The average Bonchev–Trinajstić information content (AvgIpc) is 2.38. The lowest BCUT2D eigenvalue weighted by Crippen LogP contribution is -2.24. The van der Waals surface area contributed by atoms with Crippen LogP contribution >= 0.6 is 15.9 Å². The Labute approximate surface area is 125 Å². The zero-order chi connectivity index (χ0) is 14.7. The second kappa shape index (κ2) is 6.35. The van der Waals surface area contributed by atoms with Crippen molar-refractivity contribution in [1.82, 2.24) is 0 Å². The Hall–Kier alpha value is -1.43. The Morgan fingerprint density at radius 2 is 2.20 bits per heavy atom. The molecule has 2 rings (SSSR count). The second-order valence-electron chi connectivity index (χ2n) is 5.22. The van der Waals surface area contributed by atoms with Crippen LogP contribution in [-0.4, -0.2) is 17.0 Å². The van der Waals surface area contributed by atoms with E-state index in [2.05, 4.69) is 22.9 Å². The molecule has 1 aromatic rings. The molecule has 5 nitrogen and oxygen atoms in total. The monoisotopic (exact) mass is 341 g/mol. The number of nitro benzene ring substituents is 1. The molecule has 0 aliphatic heterocycles.